The molecule has 2 N–H and O–H groups in total. The summed E-state index contributed by atoms with van der Waals surface area (Å²) in [6, 6.07) is 3.92. The summed E-state index contributed by atoms with van der Waals surface area (Å²) >= 11 is 0. The third kappa shape index (κ3) is 3.27. The number of rotatable bonds is 7. The summed E-state index contributed by atoms with van der Waals surface area (Å²) in [4.78, 5) is 11.8. The molecule has 1 aromatic carbocycles. The number of carboxylic acid groups (broad SMARTS) is 1. The van der Waals surface area contributed by atoms with Crippen LogP contribution in [0.1, 0.15) is 66.7 Å². The van der Waals surface area contributed by atoms with Crippen molar-refractivity contribution in [3.05, 3.63) is 34.5 Å². The van der Waals surface area contributed by atoms with Crippen LogP contribution < -0.4 is 0 Å². The van der Waals surface area contributed by atoms with E-state index in [4.69, 9.17) is 0 Å². The number of aromatic nitrogens is 1. The van der Waals surface area contributed by atoms with Gasteiger partial charge in [-0.3, -0.25) is 0 Å². The average Bonchev–Trinajstić information content (AvgIpc) is 2.77. The van der Waals surface area contributed by atoms with Gasteiger partial charge in [-0.2, -0.15) is 0 Å². The van der Waals surface area contributed by atoms with Crippen LogP contribution >= 0.6 is 0 Å². The molecule has 0 aliphatic rings. The number of benzene rings is 1. The summed E-state index contributed by atoms with van der Waals surface area (Å²) in [5.74, 6) is -0.630. The van der Waals surface area contributed by atoms with Gasteiger partial charge in [-0.25, -0.2) is 4.79 Å². The van der Waals surface area contributed by atoms with Crippen LogP contribution in [0.15, 0.2) is 12.1 Å². The Balaban J connectivity index is 2.83. The predicted molar refractivity (Wildman–Crippen MR) is 93.4 cm³/mol. The summed E-state index contributed by atoms with van der Waals surface area (Å²) in [5.41, 5.74) is 4.44. The number of aliphatic hydroxyl groups excluding tert-OH is 1. The van der Waals surface area contributed by atoms with E-state index in [1.165, 1.54) is 5.56 Å². The first kappa shape index (κ1) is 17.5. The first-order chi connectivity index (χ1) is 10.9. The van der Waals surface area contributed by atoms with Crippen LogP contribution in [-0.4, -0.2) is 27.4 Å². The second-order valence-corrected chi connectivity index (χ2v) is 6.47. The minimum atomic E-state index is -0.906. The first-order valence-corrected chi connectivity index (χ1v) is 8.42. The van der Waals surface area contributed by atoms with E-state index in [2.05, 4.69) is 26.8 Å². The molecule has 2 aromatic rings. The van der Waals surface area contributed by atoms with Crippen molar-refractivity contribution in [3.8, 4) is 0 Å². The Morgan fingerprint density at radius 2 is 2.00 bits per heavy atom. The number of aryl methyl sites for hydroxylation is 1. The number of carboxylic acids is 1. The molecule has 0 aliphatic carbocycles. The number of aromatic carboxylic acids is 1. The van der Waals surface area contributed by atoms with Crippen molar-refractivity contribution in [2.45, 2.75) is 59.4 Å². The van der Waals surface area contributed by atoms with Gasteiger partial charge in [-0.1, -0.05) is 27.2 Å². The van der Waals surface area contributed by atoms with Crippen molar-refractivity contribution in [2.75, 3.05) is 6.61 Å². The third-order valence-corrected chi connectivity index (χ3v) is 4.57. The summed E-state index contributed by atoms with van der Waals surface area (Å²) < 4.78 is 1.97. The zero-order valence-corrected chi connectivity index (χ0v) is 14.5. The molecule has 0 saturated carbocycles. The van der Waals surface area contributed by atoms with E-state index in [1.54, 1.807) is 6.07 Å². The van der Waals surface area contributed by atoms with Crippen LogP contribution in [0.25, 0.3) is 10.9 Å². The Bertz CT molecular complexity index is 713. The van der Waals surface area contributed by atoms with Gasteiger partial charge in [0.25, 0.3) is 0 Å². The number of aliphatic hydroxyl groups is 1. The van der Waals surface area contributed by atoms with E-state index in [-0.39, 0.29) is 12.5 Å². The van der Waals surface area contributed by atoms with Crippen molar-refractivity contribution in [1.82, 2.24) is 4.57 Å². The summed E-state index contributed by atoms with van der Waals surface area (Å²) in [7, 11) is 0. The highest BCUT2D eigenvalue weighted by Gasteiger charge is 2.21. The van der Waals surface area contributed by atoms with E-state index in [1.807, 2.05) is 11.5 Å². The molecule has 126 valence electrons. The lowest BCUT2D eigenvalue weighted by atomic mass is 9.95. The molecule has 0 atom stereocenters. The number of unbranched alkanes of at least 4 members (excludes halogenated alkanes) is 1. The van der Waals surface area contributed by atoms with Gasteiger partial charge in [0.05, 0.1) is 17.7 Å². The Morgan fingerprint density at radius 3 is 2.52 bits per heavy atom. The molecule has 0 radical (unpaired) electrons. The van der Waals surface area contributed by atoms with Gasteiger partial charge in [0.1, 0.15) is 0 Å². The number of hydrogen-bond donors (Lipinski definition) is 2. The zero-order valence-electron chi connectivity index (χ0n) is 14.5. The smallest absolute Gasteiger partial charge is 0.337 e. The Hall–Kier alpha value is -1.81. The molecular weight excluding hydrogens is 290 g/mol. The summed E-state index contributed by atoms with van der Waals surface area (Å²) in [5, 5.41) is 20.1. The molecule has 0 spiro atoms. The zero-order chi connectivity index (χ0) is 17.1. The highest BCUT2D eigenvalue weighted by molar-refractivity contribution is 6.04. The largest absolute Gasteiger partial charge is 0.478 e. The Morgan fingerprint density at radius 1 is 1.30 bits per heavy atom. The maximum absolute atomic E-state index is 11.8. The molecule has 1 heterocycles. The lowest BCUT2D eigenvalue weighted by Gasteiger charge is -2.11. The number of carbonyl (C=O) groups is 1. The standard InChI is InChI=1S/C19H27NO3/c1-5-6-7-15-13(4)20(8-9-21)18-16(15)10-14(12(2)3)11-17(18)19(22)23/h10-12,21H,5-9H2,1-4H3,(H,22,23). The molecule has 2 rings (SSSR count). The van der Waals surface area contributed by atoms with Crippen molar-refractivity contribution in [2.24, 2.45) is 0 Å². The average molecular weight is 317 g/mol. The first-order valence-electron chi connectivity index (χ1n) is 8.42. The van der Waals surface area contributed by atoms with Gasteiger partial charge in [0.2, 0.25) is 0 Å². The van der Waals surface area contributed by atoms with Crippen molar-refractivity contribution >= 4 is 16.9 Å². The maximum Gasteiger partial charge on any atom is 0.337 e. The molecule has 0 amide bonds. The molecule has 0 saturated heterocycles. The lowest BCUT2D eigenvalue weighted by molar-refractivity contribution is 0.0698. The lowest BCUT2D eigenvalue weighted by Crippen LogP contribution is -2.08. The van der Waals surface area contributed by atoms with Crippen LogP contribution in [0, 0.1) is 6.92 Å². The Labute approximate surface area is 137 Å². The molecule has 0 fully saturated rings. The van der Waals surface area contributed by atoms with Gasteiger partial charge in [-0.05, 0) is 48.9 Å². The van der Waals surface area contributed by atoms with E-state index in [0.717, 1.165) is 41.4 Å². The predicted octanol–water partition coefficient (Wildman–Crippen LogP) is 4.11. The minimum Gasteiger partial charge on any atom is -0.478 e. The highest BCUT2D eigenvalue weighted by atomic mass is 16.4. The van der Waals surface area contributed by atoms with Crippen LogP contribution in [0.4, 0.5) is 0 Å². The molecule has 0 unspecified atom stereocenters. The number of hydrogen-bond acceptors (Lipinski definition) is 2. The third-order valence-electron chi connectivity index (χ3n) is 4.57. The minimum absolute atomic E-state index is 0.00281. The van der Waals surface area contributed by atoms with Crippen molar-refractivity contribution in [1.29, 1.82) is 0 Å². The van der Waals surface area contributed by atoms with E-state index < -0.39 is 5.97 Å². The van der Waals surface area contributed by atoms with E-state index in [9.17, 15) is 15.0 Å². The normalized spacial score (nSPS) is 11.6. The van der Waals surface area contributed by atoms with Crippen LogP contribution in [0.3, 0.4) is 0 Å². The summed E-state index contributed by atoms with van der Waals surface area (Å²) in [6.45, 7) is 8.77. The fourth-order valence-electron chi connectivity index (χ4n) is 3.25. The molecule has 1 aromatic heterocycles. The molecule has 0 aliphatic heterocycles. The Kier molecular flexibility index (Phi) is 5.47. The van der Waals surface area contributed by atoms with Gasteiger partial charge < -0.3 is 14.8 Å². The SMILES string of the molecule is CCCCc1c(C)n(CCO)c2c(C(=O)O)cc(C(C)C)cc12. The van der Waals surface area contributed by atoms with Crippen molar-refractivity contribution in [3.63, 3.8) is 0 Å². The van der Waals surface area contributed by atoms with Crippen LogP contribution in [0.5, 0.6) is 0 Å². The van der Waals surface area contributed by atoms with Crippen LogP contribution in [0.2, 0.25) is 0 Å². The number of fused-ring (bicyclic) bond motifs is 1. The maximum atomic E-state index is 11.8. The topological polar surface area (TPSA) is 62.5 Å². The molecule has 4 nitrogen and oxygen atoms in total. The molecular formula is C19H27NO3. The second-order valence-electron chi connectivity index (χ2n) is 6.47. The van der Waals surface area contributed by atoms with Crippen molar-refractivity contribution < 1.29 is 15.0 Å². The van der Waals surface area contributed by atoms with Gasteiger partial charge in [-0.15, -0.1) is 0 Å². The van der Waals surface area contributed by atoms with Gasteiger partial charge in [0, 0.05) is 17.6 Å². The van der Waals surface area contributed by atoms with Gasteiger partial charge in [0.15, 0.2) is 0 Å². The van der Waals surface area contributed by atoms with E-state index >= 15 is 0 Å². The molecule has 4 heteroatoms. The quantitative estimate of drug-likeness (QED) is 0.808. The highest BCUT2D eigenvalue weighted by Crippen LogP contribution is 2.33. The fourth-order valence-corrected chi connectivity index (χ4v) is 3.25. The molecule has 23 heavy (non-hydrogen) atoms. The molecule has 0 bridgehead atoms. The number of nitrogens with zero attached hydrogens (tertiary/aromatic N) is 1. The second kappa shape index (κ2) is 7.18. The van der Waals surface area contributed by atoms with Gasteiger partial charge >= 0.3 is 5.97 Å². The van der Waals surface area contributed by atoms with E-state index in [0.29, 0.717) is 12.1 Å². The summed E-state index contributed by atoms with van der Waals surface area (Å²) in [6.07, 6.45) is 3.12. The fraction of sp³-hybridized carbons (Fsp3) is 0.526. The van der Waals surface area contributed by atoms with Crippen LogP contribution in [-0.2, 0) is 13.0 Å². The monoisotopic (exact) mass is 317 g/mol.